The predicted octanol–water partition coefficient (Wildman–Crippen LogP) is 1.68. The van der Waals surface area contributed by atoms with E-state index in [1.807, 2.05) is 6.26 Å². The van der Waals surface area contributed by atoms with Crippen molar-refractivity contribution in [2.24, 2.45) is 4.40 Å². The van der Waals surface area contributed by atoms with Crippen LogP contribution in [0.5, 0.6) is 0 Å². The van der Waals surface area contributed by atoms with Gasteiger partial charge in [-0.15, -0.1) is 9.39 Å². The lowest BCUT2D eigenvalue weighted by Gasteiger charge is -1.97. The molecule has 48 valence electrons. The van der Waals surface area contributed by atoms with E-state index in [9.17, 15) is 0 Å². The molecule has 0 rings (SSSR count). The Bertz CT molecular complexity index is 173. The predicted molar refractivity (Wildman–Crippen MR) is 46.5 cm³/mol. The van der Waals surface area contributed by atoms with Gasteiger partial charge in [0.1, 0.15) is 0 Å². The Morgan fingerprint density at radius 3 is 2.38 bits per heavy atom. The highest BCUT2D eigenvalue weighted by atomic mass is 32.2. The summed E-state index contributed by atoms with van der Waals surface area (Å²) in [6, 6.07) is 0. The normalized spacial score (nSPS) is 16.8. The van der Waals surface area contributed by atoms with Crippen molar-refractivity contribution in [3.8, 4) is 0 Å². The van der Waals surface area contributed by atoms with Gasteiger partial charge in [-0.05, 0) is 24.8 Å². The minimum Gasteiger partial charge on any atom is -0.247 e. The molecule has 0 aliphatic rings. The minimum absolute atomic E-state index is 1.03. The zero-order chi connectivity index (χ0) is 6.62. The summed E-state index contributed by atoms with van der Waals surface area (Å²) < 4.78 is 3.88. The van der Waals surface area contributed by atoms with Gasteiger partial charge in [0, 0.05) is 0 Å². The Balaban J connectivity index is 4.35. The van der Waals surface area contributed by atoms with Crippen molar-refractivity contribution in [1.29, 1.82) is 0 Å². The van der Waals surface area contributed by atoms with Crippen LogP contribution in [0.15, 0.2) is 4.40 Å². The van der Waals surface area contributed by atoms with Crippen molar-refractivity contribution in [1.82, 2.24) is 0 Å². The SMILES string of the molecule is C=NS(=C)(C)=CCC. The van der Waals surface area contributed by atoms with E-state index in [1.165, 1.54) is 0 Å². The molecule has 0 radical (unpaired) electrons. The first-order chi connectivity index (χ1) is 3.62. The Morgan fingerprint density at radius 1 is 1.75 bits per heavy atom. The average Bonchev–Trinajstić information content (AvgIpc) is 1.67. The standard InChI is InChI=1S/C6H13NS/c1-5-6-8(3,4)7-2/h6H,2-3,5H2,1,4H3. The molecular weight excluding hydrogens is 118 g/mol. The molecule has 8 heavy (non-hydrogen) atoms. The minimum atomic E-state index is -1.03. The quantitative estimate of drug-likeness (QED) is 0.399. The smallest absolute Gasteiger partial charge is 0.00247 e. The molecule has 0 aromatic carbocycles. The fraction of sp³-hybridized carbons (Fsp3) is 0.500. The molecule has 0 heterocycles. The summed E-state index contributed by atoms with van der Waals surface area (Å²) in [7, 11) is -1.03. The van der Waals surface area contributed by atoms with Crippen LogP contribution in [0.3, 0.4) is 0 Å². The van der Waals surface area contributed by atoms with E-state index < -0.39 is 9.39 Å². The first kappa shape index (κ1) is 7.76. The molecule has 1 unspecified atom stereocenters. The fourth-order valence-electron chi connectivity index (χ4n) is 0.412. The van der Waals surface area contributed by atoms with Crippen LogP contribution in [0.2, 0.25) is 0 Å². The highest BCUT2D eigenvalue weighted by Gasteiger charge is 1.78. The summed E-state index contributed by atoms with van der Waals surface area (Å²) >= 11 is 0. The number of nitrogens with zero attached hydrogens (tertiary/aromatic N) is 1. The summed E-state index contributed by atoms with van der Waals surface area (Å²) in [5.74, 6) is 3.88. The van der Waals surface area contributed by atoms with Gasteiger partial charge in [0.25, 0.3) is 0 Å². The Morgan fingerprint density at radius 2 is 2.25 bits per heavy atom. The maximum absolute atomic E-state index is 3.88. The topological polar surface area (TPSA) is 12.4 Å². The van der Waals surface area contributed by atoms with Crippen LogP contribution in [0.1, 0.15) is 13.3 Å². The van der Waals surface area contributed by atoms with Gasteiger partial charge in [0.2, 0.25) is 0 Å². The number of rotatable bonds is 2. The van der Waals surface area contributed by atoms with Crippen LogP contribution >= 0.6 is 9.39 Å². The maximum atomic E-state index is 3.88. The fourth-order valence-corrected chi connectivity index (χ4v) is 1.24. The molecule has 0 bridgehead atoms. The molecule has 0 spiro atoms. The Kier molecular flexibility index (Phi) is 2.84. The summed E-state index contributed by atoms with van der Waals surface area (Å²) in [4.78, 5) is 0. The van der Waals surface area contributed by atoms with Gasteiger partial charge in [-0.2, -0.15) is 0 Å². The molecular formula is C6H13NS. The van der Waals surface area contributed by atoms with E-state index in [1.54, 1.807) is 0 Å². The second kappa shape index (κ2) is 2.92. The lowest BCUT2D eigenvalue weighted by Crippen LogP contribution is -1.72. The molecule has 0 aliphatic heterocycles. The van der Waals surface area contributed by atoms with Crippen LogP contribution in [-0.4, -0.2) is 24.2 Å². The first-order valence-electron chi connectivity index (χ1n) is 2.55. The van der Waals surface area contributed by atoms with Crippen molar-refractivity contribution in [2.45, 2.75) is 13.3 Å². The summed E-state index contributed by atoms with van der Waals surface area (Å²) in [5.41, 5.74) is 0. The maximum Gasteiger partial charge on any atom is -0.00247 e. The average molecular weight is 131 g/mol. The highest BCUT2D eigenvalue weighted by Crippen LogP contribution is 2.14. The van der Waals surface area contributed by atoms with Gasteiger partial charge in [0.05, 0.1) is 0 Å². The molecule has 0 aromatic heterocycles. The molecule has 0 saturated carbocycles. The van der Waals surface area contributed by atoms with Gasteiger partial charge in [-0.25, -0.2) is 4.40 Å². The molecule has 0 aliphatic carbocycles. The van der Waals surface area contributed by atoms with Crippen molar-refractivity contribution < 1.29 is 0 Å². The van der Waals surface area contributed by atoms with Gasteiger partial charge in [-0.3, -0.25) is 0 Å². The van der Waals surface area contributed by atoms with Crippen molar-refractivity contribution in [3.05, 3.63) is 0 Å². The van der Waals surface area contributed by atoms with E-state index in [2.05, 4.69) is 29.3 Å². The van der Waals surface area contributed by atoms with Gasteiger partial charge in [0.15, 0.2) is 0 Å². The van der Waals surface area contributed by atoms with Crippen molar-refractivity contribution >= 4 is 27.3 Å². The highest BCUT2D eigenvalue weighted by molar-refractivity contribution is 8.26. The molecule has 0 amide bonds. The summed E-state index contributed by atoms with van der Waals surface area (Å²) in [5, 5.41) is 2.11. The van der Waals surface area contributed by atoms with E-state index in [-0.39, 0.29) is 0 Å². The first-order valence-corrected chi connectivity index (χ1v) is 4.78. The van der Waals surface area contributed by atoms with E-state index in [0.717, 1.165) is 6.42 Å². The monoisotopic (exact) mass is 131 g/mol. The van der Waals surface area contributed by atoms with Crippen LogP contribution in [0, 0.1) is 0 Å². The van der Waals surface area contributed by atoms with Crippen LogP contribution in [-0.2, 0) is 0 Å². The lowest BCUT2D eigenvalue weighted by atomic mass is 10.6. The molecule has 0 aromatic rings. The third-order valence-corrected chi connectivity index (χ3v) is 2.46. The van der Waals surface area contributed by atoms with E-state index in [0.29, 0.717) is 0 Å². The Hall–Kier alpha value is -0.240. The second-order valence-corrected chi connectivity index (χ2v) is 4.62. The zero-order valence-electron chi connectivity index (χ0n) is 5.55. The van der Waals surface area contributed by atoms with Crippen molar-refractivity contribution in [3.63, 3.8) is 0 Å². The Labute approximate surface area is 52.1 Å². The van der Waals surface area contributed by atoms with Crippen LogP contribution < -0.4 is 0 Å². The van der Waals surface area contributed by atoms with Gasteiger partial charge in [-0.1, -0.05) is 12.8 Å². The molecule has 1 nitrogen and oxygen atoms in total. The summed E-state index contributed by atoms with van der Waals surface area (Å²) in [6.07, 6.45) is 3.05. The molecule has 0 N–H and O–H groups in total. The second-order valence-electron chi connectivity index (χ2n) is 1.81. The number of hydrogen-bond donors (Lipinski definition) is 0. The molecule has 0 fully saturated rings. The van der Waals surface area contributed by atoms with Crippen LogP contribution in [0.25, 0.3) is 0 Å². The van der Waals surface area contributed by atoms with Gasteiger partial charge < -0.3 is 0 Å². The summed E-state index contributed by atoms with van der Waals surface area (Å²) in [6.45, 7) is 5.53. The van der Waals surface area contributed by atoms with Crippen molar-refractivity contribution in [2.75, 3.05) is 6.26 Å². The number of hydrogen-bond acceptors (Lipinski definition) is 1. The van der Waals surface area contributed by atoms with E-state index >= 15 is 0 Å². The third kappa shape index (κ3) is 2.86. The third-order valence-electron chi connectivity index (χ3n) is 0.821. The van der Waals surface area contributed by atoms with E-state index in [4.69, 9.17) is 0 Å². The lowest BCUT2D eigenvalue weighted by molar-refractivity contribution is 1.35. The van der Waals surface area contributed by atoms with Crippen LogP contribution in [0.4, 0.5) is 0 Å². The molecule has 2 heteroatoms. The zero-order valence-corrected chi connectivity index (χ0v) is 6.37. The van der Waals surface area contributed by atoms with Gasteiger partial charge >= 0.3 is 0 Å². The largest absolute Gasteiger partial charge is 0.247 e. The molecule has 0 saturated heterocycles. The molecule has 1 atom stereocenters.